The molecule has 3 aromatic rings. The van der Waals surface area contributed by atoms with Gasteiger partial charge in [0.2, 0.25) is 0 Å². The highest BCUT2D eigenvalue weighted by molar-refractivity contribution is 6.04. The summed E-state index contributed by atoms with van der Waals surface area (Å²) in [5.41, 5.74) is 1.49. The first-order valence-corrected chi connectivity index (χ1v) is 7.63. The predicted molar refractivity (Wildman–Crippen MR) is 84.9 cm³/mol. The number of benzene rings is 1. The number of hydrogen-bond acceptors (Lipinski definition) is 4. The lowest BCUT2D eigenvalue weighted by Crippen LogP contribution is -2.18. The highest BCUT2D eigenvalue weighted by atomic mass is 16.1. The highest BCUT2D eigenvalue weighted by Crippen LogP contribution is 2.20. The van der Waals surface area contributed by atoms with Gasteiger partial charge in [-0.15, -0.1) is 0 Å². The van der Waals surface area contributed by atoms with Crippen LogP contribution in [0.3, 0.4) is 0 Å². The van der Waals surface area contributed by atoms with Crippen molar-refractivity contribution >= 4 is 11.7 Å². The minimum absolute atomic E-state index is 0.137. The van der Waals surface area contributed by atoms with Gasteiger partial charge in [0.1, 0.15) is 18.0 Å². The largest absolute Gasteiger partial charge is 0.315 e. The maximum absolute atomic E-state index is 12.4. The third-order valence-corrected chi connectivity index (χ3v) is 4.05. The average molecular weight is 308 g/mol. The van der Waals surface area contributed by atoms with E-state index in [1.807, 2.05) is 12.1 Å². The number of carbonyl (C=O) groups is 1. The number of hydrogen-bond donors (Lipinski definition) is 2. The molecule has 2 N–H and O–H groups in total. The number of aromatic amines is 1. The second-order valence-electron chi connectivity index (χ2n) is 5.53. The summed E-state index contributed by atoms with van der Waals surface area (Å²) in [6.45, 7) is 0.912. The van der Waals surface area contributed by atoms with Gasteiger partial charge in [-0.3, -0.25) is 9.89 Å². The molecule has 1 amide bonds. The quantitative estimate of drug-likeness (QED) is 0.776. The predicted octanol–water partition coefficient (Wildman–Crippen LogP) is 2.26. The van der Waals surface area contributed by atoms with E-state index in [2.05, 4.69) is 30.0 Å². The van der Waals surface area contributed by atoms with Crippen molar-refractivity contribution in [3.05, 3.63) is 48.2 Å². The van der Waals surface area contributed by atoms with E-state index in [0.717, 1.165) is 43.0 Å². The van der Waals surface area contributed by atoms with Gasteiger partial charge in [-0.1, -0.05) is 12.1 Å². The van der Waals surface area contributed by atoms with E-state index in [-0.39, 0.29) is 5.91 Å². The van der Waals surface area contributed by atoms with Gasteiger partial charge in [0.15, 0.2) is 5.82 Å². The average Bonchev–Trinajstić information content (AvgIpc) is 3.25. The van der Waals surface area contributed by atoms with Gasteiger partial charge in [0.05, 0.1) is 6.20 Å². The zero-order valence-electron chi connectivity index (χ0n) is 12.5. The standard InChI is InChI=1S/C16H16N6O/c23-16(20-14-9-17-13-3-1-2-8-22(13)14)12-6-4-11(5-7-12)15-18-10-19-21-15/h4-7,9-10H,1-3,8H2,(H,20,23)(H,18,19,21). The maximum atomic E-state index is 12.4. The Labute approximate surface area is 132 Å². The van der Waals surface area contributed by atoms with E-state index in [4.69, 9.17) is 0 Å². The molecule has 0 atom stereocenters. The van der Waals surface area contributed by atoms with Crippen molar-refractivity contribution in [1.82, 2.24) is 24.7 Å². The second-order valence-corrected chi connectivity index (χ2v) is 5.53. The van der Waals surface area contributed by atoms with Crippen molar-refractivity contribution in [1.29, 1.82) is 0 Å². The lowest BCUT2D eigenvalue weighted by Gasteiger charge is -2.16. The van der Waals surface area contributed by atoms with Crippen LogP contribution in [0.15, 0.2) is 36.8 Å². The molecule has 1 aliphatic heterocycles. The molecule has 23 heavy (non-hydrogen) atoms. The molecular weight excluding hydrogens is 292 g/mol. The number of aromatic nitrogens is 5. The number of fused-ring (bicyclic) bond motifs is 1. The molecule has 0 unspecified atom stereocenters. The van der Waals surface area contributed by atoms with Gasteiger partial charge >= 0.3 is 0 Å². The normalized spacial score (nSPS) is 13.6. The first-order chi connectivity index (χ1) is 11.3. The number of imidazole rings is 1. The van der Waals surface area contributed by atoms with Crippen molar-refractivity contribution in [3.8, 4) is 11.4 Å². The Bertz CT molecular complexity index is 819. The van der Waals surface area contributed by atoms with Crippen LogP contribution in [0.1, 0.15) is 29.0 Å². The lowest BCUT2D eigenvalue weighted by atomic mass is 10.1. The van der Waals surface area contributed by atoms with E-state index in [1.54, 1.807) is 18.3 Å². The Kier molecular flexibility index (Phi) is 3.38. The number of aryl methyl sites for hydroxylation is 1. The molecule has 116 valence electrons. The summed E-state index contributed by atoms with van der Waals surface area (Å²) < 4.78 is 2.09. The molecule has 0 bridgehead atoms. The Hall–Kier alpha value is -2.96. The van der Waals surface area contributed by atoms with Crippen LogP contribution in [0.4, 0.5) is 5.82 Å². The van der Waals surface area contributed by atoms with Crippen molar-refractivity contribution in [3.63, 3.8) is 0 Å². The van der Waals surface area contributed by atoms with E-state index < -0.39 is 0 Å². The monoisotopic (exact) mass is 308 g/mol. The summed E-state index contributed by atoms with van der Waals surface area (Å²) >= 11 is 0. The first kappa shape index (κ1) is 13.7. The Morgan fingerprint density at radius 2 is 2.04 bits per heavy atom. The highest BCUT2D eigenvalue weighted by Gasteiger charge is 2.16. The number of H-pyrrole nitrogens is 1. The van der Waals surface area contributed by atoms with Crippen LogP contribution in [0, 0.1) is 0 Å². The summed E-state index contributed by atoms with van der Waals surface area (Å²) in [5.74, 6) is 2.36. The van der Waals surface area contributed by atoms with Gasteiger partial charge in [-0.25, -0.2) is 9.97 Å². The molecule has 0 spiro atoms. The number of anilines is 1. The smallest absolute Gasteiger partial charge is 0.256 e. The molecule has 3 heterocycles. The van der Waals surface area contributed by atoms with Crippen LogP contribution in [0.2, 0.25) is 0 Å². The molecule has 1 aliphatic rings. The van der Waals surface area contributed by atoms with E-state index in [9.17, 15) is 4.79 Å². The molecule has 2 aromatic heterocycles. The van der Waals surface area contributed by atoms with Crippen molar-refractivity contribution < 1.29 is 4.79 Å². The van der Waals surface area contributed by atoms with Crippen LogP contribution >= 0.6 is 0 Å². The molecule has 1 aromatic carbocycles. The molecule has 0 saturated heterocycles. The van der Waals surface area contributed by atoms with Crippen LogP contribution in [0.5, 0.6) is 0 Å². The Morgan fingerprint density at radius 1 is 1.17 bits per heavy atom. The summed E-state index contributed by atoms with van der Waals surface area (Å²) in [6.07, 6.45) is 6.45. The fraction of sp³-hybridized carbons (Fsp3) is 0.250. The molecule has 0 fully saturated rings. The molecule has 7 heteroatoms. The minimum atomic E-state index is -0.137. The van der Waals surface area contributed by atoms with Crippen LogP contribution in [-0.2, 0) is 13.0 Å². The third-order valence-electron chi connectivity index (χ3n) is 4.05. The Balaban J connectivity index is 1.52. The molecule has 4 rings (SSSR count). The number of nitrogens with zero attached hydrogens (tertiary/aromatic N) is 4. The topological polar surface area (TPSA) is 88.5 Å². The Morgan fingerprint density at radius 3 is 2.83 bits per heavy atom. The molecule has 0 saturated carbocycles. The number of rotatable bonds is 3. The van der Waals surface area contributed by atoms with E-state index in [0.29, 0.717) is 11.4 Å². The minimum Gasteiger partial charge on any atom is -0.315 e. The van der Waals surface area contributed by atoms with E-state index in [1.165, 1.54) is 6.33 Å². The van der Waals surface area contributed by atoms with Crippen LogP contribution in [0.25, 0.3) is 11.4 Å². The molecule has 0 aliphatic carbocycles. The van der Waals surface area contributed by atoms with Gasteiger partial charge < -0.3 is 9.88 Å². The fourth-order valence-electron chi connectivity index (χ4n) is 2.83. The zero-order chi connectivity index (χ0) is 15.6. The maximum Gasteiger partial charge on any atom is 0.256 e. The van der Waals surface area contributed by atoms with Gasteiger partial charge in [0, 0.05) is 24.1 Å². The number of nitrogens with one attached hydrogen (secondary N) is 2. The summed E-state index contributed by atoms with van der Waals surface area (Å²) in [5, 5.41) is 9.57. The summed E-state index contributed by atoms with van der Waals surface area (Å²) in [7, 11) is 0. The van der Waals surface area contributed by atoms with Gasteiger partial charge in [-0.2, -0.15) is 5.10 Å². The van der Waals surface area contributed by atoms with Crippen molar-refractivity contribution in [2.24, 2.45) is 0 Å². The number of carbonyl (C=O) groups excluding carboxylic acids is 1. The molecule has 0 radical (unpaired) electrons. The molecule has 7 nitrogen and oxygen atoms in total. The summed E-state index contributed by atoms with van der Waals surface area (Å²) in [6, 6.07) is 7.25. The van der Waals surface area contributed by atoms with Crippen molar-refractivity contribution in [2.45, 2.75) is 25.8 Å². The first-order valence-electron chi connectivity index (χ1n) is 7.63. The second kappa shape index (κ2) is 5.68. The molecular formula is C16H16N6O. The van der Waals surface area contributed by atoms with Crippen LogP contribution < -0.4 is 5.32 Å². The van der Waals surface area contributed by atoms with Crippen LogP contribution in [-0.4, -0.2) is 30.6 Å². The van der Waals surface area contributed by atoms with Gasteiger partial charge in [-0.05, 0) is 25.0 Å². The SMILES string of the molecule is O=C(Nc1cnc2n1CCCC2)c1ccc(-c2ncn[nH]2)cc1. The van der Waals surface area contributed by atoms with Crippen molar-refractivity contribution in [2.75, 3.05) is 5.32 Å². The fourth-order valence-corrected chi connectivity index (χ4v) is 2.83. The zero-order valence-corrected chi connectivity index (χ0v) is 12.5. The lowest BCUT2D eigenvalue weighted by molar-refractivity contribution is 0.102. The number of amides is 1. The third kappa shape index (κ3) is 2.61. The van der Waals surface area contributed by atoms with Gasteiger partial charge in [0.25, 0.3) is 5.91 Å². The van der Waals surface area contributed by atoms with E-state index >= 15 is 0 Å². The summed E-state index contributed by atoms with van der Waals surface area (Å²) in [4.78, 5) is 20.9.